The molecule has 0 unspecified atom stereocenters. The lowest BCUT2D eigenvalue weighted by atomic mass is 10.2. The molecule has 5 nitrogen and oxygen atoms in total. The Kier molecular flexibility index (Phi) is 2.80. The van der Waals surface area contributed by atoms with E-state index in [-0.39, 0.29) is 5.56 Å². The van der Waals surface area contributed by atoms with E-state index in [1.165, 1.54) is 25.1 Å². The number of nitrogens with one attached hydrogen (secondary N) is 1. The molecule has 5 heteroatoms. The van der Waals surface area contributed by atoms with E-state index >= 15 is 0 Å². The number of hydrogen-bond acceptors (Lipinski definition) is 4. The van der Waals surface area contributed by atoms with E-state index in [0.29, 0.717) is 11.9 Å². The summed E-state index contributed by atoms with van der Waals surface area (Å²) in [7, 11) is 0. The van der Waals surface area contributed by atoms with Crippen molar-refractivity contribution in [2.45, 2.75) is 31.7 Å². The van der Waals surface area contributed by atoms with Gasteiger partial charge in [-0.25, -0.2) is 4.79 Å². The molecule has 0 radical (unpaired) electrons. The molecule has 1 aliphatic carbocycles. The standard InChI is InChI=1S/C10H13N3O2/c14-10(15)8-5-6-11-13-9(8)12-7-3-1-2-4-7/h5-7H,1-4H2,(H,12,13)(H,14,15). The molecule has 0 aromatic carbocycles. The molecule has 0 bridgehead atoms. The maximum absolute atomic E-state index is 10.9. The van der Waals surface area contributed by atoms with Gasteiger partial charge in [-0.1, -0.05) is 12.8 Å². The van der Waals surface area contributed by atoms with Gasteiger partial charge in [0.05, 0.1) is 6.20 Å². The highest BCUT2D eigenvalue weighted by atomic mass is 16.4. The fraction of sp³-hybridized carbons (Fsp3) is 0.500. The molecule has 2 rings (SSSR count). The lowest BCUT2D eigenvalue weighted by molar-refractivity contribution is 0.0697. The lowest BCUT2D eigenvalue weighted by Crippen LogP contribution is -2.18. The van der Waals surface area contributed by atoms with Gasteiger partial charge in [-0.05, 0) is 18.9 Å². The topological polar surface area (TPSA) is 75.1 Å². The molecule has 1 heterocycles. The summed E-state index contributed by atoms with van der Waals surface area (Å²) >= 11 is 0. The highest BCUT2D eigenvalue weighted by molar-refractivity contribution is 5.92. The van der Waals surface area contributed by atoms with Crippen molar-refractivity contribution in [1.82, 2.24) is 10.2 Å². The largest absolute Gasteiger partial charge is 0.478 e. The van der Waals surface area contributed by atoms with E-state index in [1.807, 2.05) is 0 Å². The second-order valence-corrected chi connectivity index (χ2v) is 3.72. The number of hydrogen-bond donors (Lipinski definition) is 2. The maximum Gasteiger partial charge on any atom is 0.339 e. The van der Waals surface area contributed by atoms with Gasteiger partial charge in [-0.15, -0.1) is 5.10 Å². The van der Waals surface area contributed by atoms with E-state index in [9.17, 15) is 4.79 Å². The highest BCUT2D eigenvalue weighted by Gasteiger charge is 2.18. The Morgan fingerprint density at radius 2 is 2.20 bits per heavy atom. The third-order valence-corrected chi connectivity index (χ3v) is 2.65. The van der Waals surface area contributed by atoms with Gasteiger partial charge in [0, 0.05) is 6.04 Å². The van der Waals surface area contributed by atoms with Gasteiger partial charge in [0.2, 0.25) is 0 Å². The molecule has 2 N–H and O–H groups in total. The second kappa shape index (κ2) is 4.25. The third-order valence-electron chi connectivity index (χ3n) is 2.65. The molecule has 0 saturated heterocycles. The lowest BCUT2D eigenvalue weighted by Gasteiger charge is -2.13. The van der Waals surface area contributed by atoms with E-state index in [0.717, 1.165) is 12.8 Å². The van der Waals surface area contributed by atoms with Crippen molar-refractivity contribution >= 4 is 11.8 Å². The van der Waals surface area contributed by atoms with Crippen LogP contribution in [-0.4, -0.2) is 27.3 Å². The Hall–Kier alpha value is -1.65. The van der Waals surface area contributed by atoms with Crippen LogP contribution in [0.4, 0.5) is 5.82 Å². The molecule has 0 aliphatic heterocycles. The molecule has 1 fully saturated rings. The van der Waals surface area contributed by atoms with Crippen molar-refractivity contribution in [3.8, 4) is 0 Å². The number of anilines is 1. The van der Waals surface area contributed by atoms with Crippen LogP contribution >= 0.6 is 0 Å². The fourth-order valence-corrected chi connectivity index (χ4v) is 1.87. The monoisotopic (exact) mass is 207 g/mol. The molecular weight excluding hydrogens is 194 g/mol. The number of carboxylic acid groups (broad SMARTS) is 1. The van der Waals surface area contributed by atoms with E-state index in [2.05, 4.69) is 15.5 Å². The van der Waals surface area contributed by atoms with Crippen LogP contribution in [0.2, 0.25) is 0 Å². The fourth-order valence-electron chi connectivity index (χ4n) is 1.87. The van der Waals surface area contributed by atoms with Crippen molar-refractivity contribution in [2.24, 2.45) is 0 Å². The minimum atomic E-state index is -0.967. The number of rotatable bonds is 3. The molecule has 1 aromatic rings. The molecule has 80 valence electrons. The van der Waals surface area contributed by atoms with Crippen molar-refractivity contribution in [3.63, 3.8) is 0 Å². The van der Waals surface area contributed by atoms with Crippen LogP contribution < -0.4 is 5.32 Å². The summed E-state index contributed by atoms with van der Waals surface area (Å²) in [6.07, 6.45) is 5.94. The van der Waals surface area contributed by atoms with Crippen LogP contribution in [0.25, 0.3) is 0 Å². The van der Waals surface area contributed by atoms with Crippen LogP contribution in [0.15, 0.2) is 12.3 Å². The van der Waals surface area contributed by atoms with Gasteiger partial charge in [0.25, 0.3) is 0 Å². The summed E-state index contributed by atoms with van der Waals surface area (Å²) in [5.41, 5.74) is 0.192. The molecule has 1 saturated carbocycles. The number of carbonyl (C=O) groups is 1. The zero-order valence-electron chi connectivity index (χ0n) is 8.31. The van der Waals surface area contributed by atoms with E-state index in [4.69, 9.17) is 5.11 Å². The average molecular weight is 207 g/mol. The predicted molar refractivity (Wildman–Crippen MR) is 54.9 cm³/mol. The molecule has 0 amide bonds. The third kappa shape index (κ3) is 2.23. The minimum absolute atomic E-state index is 0.192. The number of nitrogens with zero attached hydrogens (tertiary/aromatic N) is 2. The summed E-state index contributed by atoms with van der Waals surface area (Å²) in [5.74, 6) is -0.581. The van der Waals surface area contributed by atoms with Crippen LogP contribution in [-0.2, 0) is 0 Å². The van der Waals surface area contributed by atoms with E-state index < -0.39 is 5.97 Å². The van der Waals surface area contributed by atoms with Gasteiger partial charge in [-0.3, -0.25) is 0 Å². The van der Waals surface area contributed by atoms with Gasteiger partial charge in [0.1, 0.15) is 5.56 Å². The van der Waals surface area contributed by atoms with E-state index in [1.54, 1.807) is 0 Å². The molecule has 1 aliphatic rings. The average Bonchev–Trinajstić information content (AvgIpc) is 2.71. The first-order chi connectivity index (χ1) is 7.27. The first-order valence-electron chi connectivity index (χ1n) is 5.09. The Morgan fingerprint density at radius 3 is 2.87 bits per heavy atom. The zero-order valence-corrected chi connectivity index (χ0v) is 8.31. The molecule has 0 spiro atoms. The van der Waals surface area contributed by atoms with Crippen LogP contribution in [0.3, 0.4) is 0 Å². The van der Waals surface area contributed by atoms with Gasteiger partial charge in [0.15, 0.2) is 5.82 Å². The Morgan fingerprint density at radius 1 is 1.47 bits per heavy atom. The van der Waals surface area contributed by atoms with Crippen LogP contribution in [0.1, 0.15) is 36.0 Å². The molecule has 15 heavy (non-hydrogen) atoms. The SMILES string of the molecule is O=C(O)c1ccnnc1NC1CCCC1. The quantitative estimate of drug-likeness (QED) is 0.786. The van der Waals surface area contributed by atoms with Crippen molar-refractivity contribution < 1.29 is 9.90 Å². The number of aromatic nitrogens is 2. The molecule has 1 aromatic heterocycles. The van der Waals surface area contributed by atoms with Gasteiger partial charge in [-0.2, -0.15) is 5.10 Å². The summed E-state index contributed by atoms with van der Waals surface area (Å²) in [6.45, 7) is 0. The number of aromatic carboxylic acids is 1. The second-order valence-electron chi connectivity index (χ2n) is 3.72. The molecular formula is C10H13N3O2. The van der Waals surface area contributed by atoms with Gasteiger partial charge < -0.3 is 10.4 Å². The first kappa shape index (κ1) is 9.89. The summed E-state index contributed by atoms with van der Waals surface area (Å²) in [5, 5.41) is 19.6. The predicted octanol–water partition coefficient (Wildman–Crippen LogP) is 1.53. The first-order valence-corrected chi connectivity index (χ1v) is 5.09. The van der Waals surface area contributed by atoms with Crippen LogP contribution in [0, 0.1) is 0 Å². The maximum atomic E-state index is 10.9. The van der Waals surface area contributed by atoms with Crippen molar-refractivity contribution in [3.05, 3.63) is 17.8 Å². The summed E-state index contributed by atoms with van der Waals surface area (Å²) < 4.78 is 0. The Labute approximate surface area is 87.5 Å². The normalized spacial score (nSPS) is 16.5. The number of carboxylic acids is 1. The van der Waals surface area contributed by atoms with Crippen LogP contribution in [0.5, 0.6) is 0 Å². The van der Waals surface area contributed by atoms with Gasteiger partial charge >= 0.3 is 5.97 Å². The summed E-state index contributed by atoms with van der Waals surface area (Å²) in [6, 6.07) is 1.81. The minimum Gasteiger partial charge on any atom is -0.478 e. The van der Waals surface area contributed by atoms with Crippen molar-refractivity contribution in [2.75, 3.05) is 5.32 Å². The highest BCUT2D eigenvalue weighted by Crippen LogP contribution is 2.22. The smallest absolute Gasteiger partial charge is 0.339 e. The Balaban J connectivity index is 2.15. The van der Waals surface area contributed by atoms with Crippen molar-refractivity contribution in [1.29, 1.82) is 0 Å². The zero-order chi connectivity index (χ0) is 10.7. The Bertz CT molecular complexity index is 361. The molecule has 0 atom stereocenters. The summed E-state index contributed by atoms with van der Waals surface area (Å²) in [4.78, 5) is 10.9.